The third-order valence-corrected chi connectivity index (χ3v) is 27.2. The number of sulfone groups is 2. The minimum absolute atomic E-state index is 0.00312. The van der Waals surface area contributed by atoms with Gasteiger partial charge in [0.2, 0.25) is 23.6 Å². The Morgan fingerprint density at radius 1 is 0.815 bits per heavy atom. The van der Waals surface area contributed by atoms with E-state index in [1.54, 1.807) is 46.2 Å². The molecule has 582 valence electrons. The van der Waals surface area contributed by atoms with Gasteiger partial charge >= 0.3 is 0 Å². The van der Waals surface area contributed by atoms with E-state index in [9.17, 15) is 45.9 Å². The van der Waals surface area contributed by atoms with Crippen molar-refractivity contribution in [1.29, 1.82) is 0 Å². The molecule has 6 atom stereocenters. The Labute approximate surface area is 652 Å². The van der Waals surface area contributed by atoms with E-state index in [0.29, 0.717) is 56.4 Å². The predicted molar refractivity (Wildman–Crippen MR) is 429 cm³/mol. The van der Waals surface area contributed by atoms with Gasteiger partial charge in [0.25, 0.3) is 0 Å². The second-order valence-corrected chi connectivity index (χ2v) is 37.9. The molecule has 0 radical (unpaired) electrons. The van der Waals surface area contributed by atoms with Crippen LogP contribution in [0.5, 0.6) is 0 Å². The molecule has 5 aliphatic rings. The number of carbonyl (C=O) groups excluding carboxylic acids is 5. The van der Waals surface area contributed by atoms with Gasteiger partial charge in [0.05, 0.1) is 51.2 Å². The van der Waals surface area contributed by atoms with E-state index >= 15 is 0 Å². The molecule has 5 heterocycles. The van der Waals surface area contributed by atoms with Gasteiger partial charge in [0.15, 0.2) is 25.5 Å². The highest BCUT2D eigenvalue weighted by molar-refractivity contribution is 7.99. The number of Topliss-reactive ketones (excluding diaryl/α,β-unsaturated/α-hetero) is 1. The van der Waals surface area contributed by atoms with Gasteiger partial charge in [-0.15, -0.1) is 23.1 Å². The number of nitrogens with zero attached hydrogens (tertiary/aromatic N) is 8. The second kappa shape index (κ2) is 36.5. The molecule has 6 aromatic rings. The number of thioether (sulfide) groups is 1. The van der Waals surface area contributed by atoms with Crippen molar-refractivity contribution in [3.8, 4) is 10.4 Å². The number of piperazine rings is 2. The fourth-order valence-corrected chi connectivity index (χ4v) is 20.0. The normalized spacial score (nSPS) is 20.4. The van der Waals surface area contributed by atoms with Crippen LogP contribution in [0, 0.1) is 23.7 Å². The molecule has 0 spiro atoms. The molecule has 4 saturated heterocycles. The van der Waals surface area contributed by atoms with Crippen molar-refractivity contribution < 1.29 is 50.7 Å². The molecular formula is C82H107ClN10O11S4. The van der Waals surface area contributed by atoms with Crippen LogP contribution in [0.15, 0.2) is 147 Å². The fourth-order valence-electron chi connectivity index (χ4n) is 15.7. The van der Waals surface area contributed by atoms with Crippen molar-refractivity contribution >= 4 is 95.0 Å². The Morgan fingerprint density at radius 3 is 2.14 bits per heavy atom. The van der Waals surface area contributed by atoms with E-state index in [4.69, 9.17) is 16.3 Å². The van der Waals surface area contributed by atoms with E-state index in [1.165, 1.54) is 33.7 Å². The van der Waals surface area contributed by atoms with Crippen molar-refractivity contribution in [2.24, 2.45) is 16.7 Å². The molecule has 1 aromatic heterocycles. The lowest BCUT2D eigenvalue weighted by Crippen LogP contribution is -2.58. The summed E-state index contributed by atoms with van der Waals surface area (Å²) >= 11 is 9.71. The molecule has 5 aromatic carbocycles. The van der Waals surface area contributed by atoms with E-state index in [0.717, 1.165) is 142 Å². The first-order valence-corrected chi connectivity index (χ1v) is 43.6. The smallest absolute Gasteiger partial charge is 0.246 e. The molecule has 4 aliphatic heterocycles. The number of carbonyl (C=O) groups is 5. The number of anilines is 1. The summed E-state index contributed by atoms with van der Waals surface area (Å²) in [5.41, 5.74) is 9.64. The Hall–Kier alpha value is -6.88. The third-order valence-electron chi connectivity index (χ3n) is 21.9. The fraction of sp³-hybridized carbons (Fsp3) is 0.512. The van der Waals surface area contributed by atoms with Crippen LogP contribution in [0.2, 0.25) is 5.02 Å². The highest BCUT2D eigenvalue weighted by atomic mass is 35.5. The van der Waals surface area contributed by atoms with Gasteiger partial charge < -0.3 is 40.1 Å². The number of likely N-dealkylation sites (N-methyl/N-ethyl adjacent to an activating group) is 1. The number of aryl methyl sites for hydroxylation is 1. The van der Waals surface area contributed by atoms with Crippen molar-refractivity contribution in [1.82, 2.24) is 45.0 Å². The van der Waals surface area contributed by atoms with Gasteiger partial charge in [-0.1, -0.05) is 106 Å². The zero-order chi connectivity index (χ0) is 77.1. The van der Waals surface area contributed by atoms with Crippen LogP contribution in [0.3, 0.4) is 0 Å². The van der Waals surface area contributed by atoms with E-state index in [2.05, 4.69) is 78.4 Å². The van der Waals surface area contributed by atoms with Crippen LogP contribution in [0.25, 0.3) is 16.0 Å². The summed E-state index contributed by atoms with van der Waals surface area (Å²) in [7, 11) is -5.89. The van der Waals surface area contributed by atoms with Gasteiger partial charge in [-0.05, 0) is 165 Å². The van der Waals surface area contributed by atoms with Crippen LogP contribution in [-0.4, -0.2) is 247 Å². The summed E-state index contributed by atoms with van der Waals surface area (Å²) in [6.45, 7) is 24.3. The first-order valence-electron chi connectivity index (χ1n) is 37.8. The van der Waals surface area contributed by atoms with Crippen molar-refractivity contribution in [2.45, 2.75) is 125 Å². The van der Waals surface area contributed by atoms with Gasteiger partial charge in [0, 0.05) is 138 Å². The number of likely N-dealkylation sites (tertiary alicyclic amines) is 1. The van der Waals surface area contributed by atoms with Gasteiger partial charge in [-0.2, -0.15) is 0 Å². The molecule has 11 rings (SSSR count). The number of halogens is 1. The average molecular weight is 1570 g/mol. The number of benzene rings is 5. The molecule has 1 aliphatic carbocycles. The Balaban J connectivity index is 0.631. The highest BCUT2D eigenvalue weighted by Crippen LogP contribution is 2.44. The minimum atomic E-state index is -4.23. The van der Waals surface area contributed by atoms with Gasteiger partial charge in [-0.25, -0.2) is 21.8 Å². The number of hydrogen-bond acceptors (Lipinski definition) is 19. The first-order chi connectivity index (χ1) is 51.4. The number of rotatable bonds is 30. The summed E-state index contributed by atoms with van der Waals surface area (Å²) in [5, 5.41) is 17.4. The molecule has 4 fully saturated rings. The lowest BCUT2D eigenvalue weighted by Gasteiger charge is -2.42. The molecule has 26 heteroatoms. The number of β-amino-alcohol motifs (C(OH)–C–C–N with tert-alkyl or cyclic N) is 1. The Kier molecular flexibility index (Phi) is 27.8. The molecule has 4 amide bonds. The number of thiazole rings is 1. The number of aliphatic hydroxyl groups excluding tert-OH is 1. The monoisotopic (exact) mass is 1570 g/mol. The summed E-state index contributed by atoms with van der Waals surface area (Å²) in [4.78, 5) is 91.0. The second-order valence-electron chi connectivity index (χ2n) is 31.6. The molecule has 1 unspecified atom stereocenters. The number of morpholine rings is 1. The van der Waals surface area contributed by atoms with Gasteiger partial charge in [0.1, 0.15) is 24.3 Å². The lowest BCUT2D eigenvalue weighted by molar-refractivity contribution is -0.145. The molecule has 0 bridgehead atoms. The molecule has 3 N–H and O–H groups in total. The van der Waals surface area contributed by atoms with E-state index in [-0.39, 0.29) is 51.6 Å². The van der Waals surface area contributed by atoms with Crippen molar-refractivity contribution in [3.63, 3.8) is 0 Å². The quantitative estimate of drug-likeness (QED) is 0.0216. The molecule has 21 nitrogen and oxygen atoms in total. The minimum Gasteiger partial charge on any atom is -0.391 e. The number of amides is 4. The maximum absolute atomic E-state index is 14.4. The largest absolute Gasteiger partial charge is 0.391 e. The van der Waals surface area contributed by atoms with Crippen LogP contribution in [0.1, 0.15) is 112 Å². The number of ketones is 1. The SMILES string of the molecule is Cc1ncsc1-c1ccc([C@H](C)NC(=O)[C@@H]2C[C@@H](O)CN2C(=O)[C@@H](NC(=O)CC(=O)N2CCN(CCN(C)CC3(C)CCC(c4ccc(Cl)cc4)=C(CN4CCN(c5ccc(C(=O)CS(=O)(=O)c6ccc(C[C@H](CCN7CCOCC7)CSc7ccccc7)c(S(C)(=O)=O)c6)cc5)CC4)C3)CC2)C(C)(C)C)cc1. The lowest BCUT2D eigenvalue weighted by atomic mass is 9.71. The Morgan fingerprint density at radius 2 is 1.48 bits per heavy atom. The number of hydrogen-bond donors (Lipinski definition) is 3. The van der Waals surface area contributed by atoms with Gasteiger partial charge in [-0.3, -0.25) is 38.7 Å². The average Bonchev–Trinajstić information content (AvgIpc) is 1.12. The van der Waals surface area contributed by atoms with E-state index in [1.807, 2.05) is 107 Å². The van der Waals surface area contributed by atoms with Crippen LogP contribution >= 0.6 is 34.7 Å². The zero-order valence-electron chi connectivity index (χ0n) is 63.7. The number of aromatic nitrogens is 1. The van der Waals surface area contributed by atoms with Crippen LogP contribution in [0.4, 0.5) is 5.69 Å². The summed E-state index contributed by atoms with van der Waals surface area (Å²) in [6.07, 6.45) is 3.97. The van der Waals surface area contributed by atoms with Crippen molar-refractivity contribution in [3.05, 3.63) is 165 Å². The van der Waals surface area contributed by atoms with E-state index < -0.39 is 79.0 Å². The maximum Gasteiger partial charge on any atom is 0.246 e. The maximum atomic E-state index is 14.4. The summed E-state index contributed by atoms with van der Waals surface area (Å²) in [5.74, 6) is -2.30. The molecular weight excluding hydrogens is 1460 g/mol. The standard InChI is InChI=1S/C82H107ClN10O11S4/c1-57(60-14-16-63(17-15-60)77-58(2)84-56-106-77)85-79(98)72-47-68(94)52-93(72)80(99)78(81(3,4)5)86-75(96)49-76(97)92-40-34-89(35-41-92)33-32-87(7)55-82(6)30-28-71(61-18-23-66(83)24-19-61)65(50-82)51-90-36-38-91(39-37-90)67-25-20-62(21-26-67)73(95)54-108(102,103)70-27-22-64(74(48-70)107(8,100)101)46-59(29-31-88-42-44-104-45-43-88)53-105-69-12-10-9-11-13-69/h9-27,48,56-57,59,68,72,78,94H,28-47,49-55H2,1-8H3,(H,85,98)(H,86,96)/t57-,59-,68+,72-,78+,82?/m0/s1. The van der Waals surface area contributed by atoms with Crippen LogP contribution < -0.4 is 15.5 Å². The topological polar surface area (TPSA) is 243 Å². The first kappa shape index (κ1) is 82.1. The Bertz CT molecular complexity index is 4370. The van der Waals surface area contributed by atoms with Crippen molar-refractivity contribution in [2.75, 3.05) is 148 Å². The number of allylic oxidation sites excluding steroid dienone is 1. The number of nitrogens with one attached hydrogen (secondary N) is 2. The summed E-state index contributed by atoms with van der Waals surface area (Å²) in [6, 6.07) is 35.2. The summed E-state index contributed by atoms with van der Waals surface area (Å²) < 4.78 is 60.4. The molecule has 0 saturated carbocycles. The number of aliphatic hydroxyl groups is 1. The zero-order valence-corrected chi connectivity index (χ0v) is 67.7. The van der Waals surface area contributed by atoms with Crippen LogP contribution in [-0.2, 0) is 50.0 Å². The molecule has 108 heavy (non-hydrogen) atoms. The predicted octanol–water partition coefficient (Wildman–Crippen LogP) is 10.1. The third kappa shape index (κ3) is 22.0. The number of ether oxygens (including phenoxy) is 1. The highest BCUT2D eigenvalue weighted by Gasteiger charge is 2.45.